The zero-order valence-electron chi connectivity index (χ0n) is 7.58. The third-order valence-electron chi connectivity index (χ3n) is 2.15. The van der Waals surface area contributed by atoms with Crippen LogP contribution in [0.25, 0.3) is 0 Å². The number of rotatable bonds is 3. The number of carbonyl (C=O) groups is 1. The van der Waals surface area contributed by atoms with Crippen LogP contribution in [0.5, 0.6) is 0 Å². The van der Waals surface area contributed by atoms with Gasteiger partial charge >= 0.3 is 5.97 Å². The molecular weight excluding hydrogens is 154 g/mol. The third kappa shape index (κ3) is 2.08. The molecular formula is C9H15NO2. The highest BCUT2D eigenvalue weighted by molar-refractivity contribution is 5.87. The maximum atomic E-state index is 10.7. The average molecular weight is 169 g/mol. The molecule has 1 rings (SSSR count). The minimum atomic E-state index is -0.751. The van der Waals surface area contributed by atoms with E-state index < -0.39 is 5.97 Å². The van der Waals surface area contributed by atoms with E-state index in [9.17, 15) is 4.79 Å². The molecule has 3 heteroatoms. The summed E-state index contributed by atoms with van der Waals surface area (Å²) in [4.78, 5) is 12.7. The lowest BCUT2D eigenvalue weighted by Crippen LogP contribution is -2.23. The molecule has 12 heavy (non-hydrogen) atoms. The fourth-order valence-electron chi connectivity index (χ4n) is 1.65. The molecule has 3 nitrogen and oxygen atoms in total. The van der Waals surface area contributed by atoms with E-state index >= 15 is 0 Å². The Balaban J connectivity index is 2.56. The Bertz CT molecular complexity index is 209. The number of hydrogen-bond donors (Lipinski definition) is 1. The normalized spacial score (nSPS) is 22.9. The van der Waals surface area contributed by atoms with Crippen LogP contribution in [0.4, 0.5) is 0 Å². The van der Waals surface area contributed by atoms with Gasteiger partial charge in [-0.3, -0.25) is 0 Å². The summed E-state index contributed by atoms with van der Waals surface area (Å²) in [6, 6.07) is 0. The van der Waals surface area contributed by atoms with Gasteiger partial charge in [-0.15, -0.1) is 0 Å². The van der Waals surface area contributed by atoms with E-state index in [-0.39, 0.29) is 5.92 Å². The zero-order valence-corrected chi connectivity index (χ0v) is 7.58. The van der Waals surface area contributed by atoms with Crippen molar-refractivity contribution in [1.29, 1.82) is 0 Å². The highest BCUT2D eigenvalue weighted by Gasteiger charge is 2.24. The third-order valence-corrected chi connectivity index (χ3v) is 2.15. The van der Waals surface area contributed by atoms with E-state index in [1.807, 2.05) is 25.1 Å². The van der Waals surface area contributed by atoms with Crippen molar-refractivity contribution in [3.05, 3.63) is 11.6 Å². The monoisotopic (exact) mass is 169 g/mol. The molecule has 0 amide bonds. The topological polar surface area (TPSA) is 40.5 Å². The summed E-state index contributed by atoms with van der Waals surface area (Å²) < 4.78 is 0. The molecule has 0 aromatic rings. The Kier molecular flexibility index (Phi) is 2.87. The smallest absolute Gasteiger partial charge is 0.331 e. The van der Waals surface area contributed by atoms with E-state index in [1.165, 1.54) is 0 Å². The van der Waals surface area contributed by atoms with Crippen LogP contribution in [0.1, 0.15) is 12.8 Å². The highest BCUT2D eigenvalue weighted by Crippen LogP contribution is 2.26. The molecule has 1 aliphatic carbocycles. The quantitative estimate of drug-likeness (QED) is 0.684. The van der Waals surface area contributed by atoms with Gasteiger partial charge in [0.15, 0.2) is 0 Å². The van der Waals surface area contributed by atoms with E-state index in [1.54, 1.807) is 0 Å². The van der Waals surface area contributed by atoms with Crippen molar-refractivity contribution in [3.8, 4) is 0 Å². The lowest BCUT2D eigenvalue weighted by atomic mass is 10.0. The van der Waals surface area contributed by atoms with Crippen molar-refractivity contribution in [2.45, 2.75) is 12.8 Å². The standard InChI is InChI=1S/C9H15NO2/c1-10(2)6-7-4-3-5-8(7)9(11)12/h5,7H,3-4,6H2,1-2H3,(H,11,12). The average Bonchev–Trinajstić information content (AvgIpc) is 2.33. The number of carboxylic acids is 1. The van der Waals surface area contributed by atoms with E-state index in [2.05, 4.69) is 0 Å². The maximum Gasteiger partial charge on any atom is 0.331 e. The summed E-state index contributed by atoms with van der Waals surface area (Å²) in [6.07, 6.45) is 3.75. The highest BCUT2D eigenvalue weighted by atomic mass is 16.4. The maximum absolute atomic E-state index is 10.7. The van der Waals surface area contributed by atoms with Crippen molar-refractivity contribution < 1.29 is 9.90 Å². The SMILES string of the molecule is CN(C)CC1CCC=C1C(=O)O. The molecule has 1 atom stereocenters. The number of aliphatic carboxylic acids is 1. The minimum absolute atomic E-state index is 0.234. The molecule has 68 valence electrons. The molecule has 0 radical (unpaired) electrons. The largest absolute Gasteiger partial charge is 0.478 e. The predicted molar refractivity (Wildman–Crippen MR) is 47.0 cm³/mol. The molecule has 0 bridgehead atoms. The fourth-order valence-corrected chi connectivity index (χ4v) is 1.65. The fraction of sp³-hybridized carbons (Fsp3) is 0.667. The first kappa shape index (κ1) is 9.26. The van der Waals surface area contributed by atoms with E-state index in [0.29, 0.717) is 5.57 Å². The minimum Gasteiger partial charge on any atom is -0.478 e. The van der Waals surface area contributed by atoms with Gasteiger partial charge in [-0.1, -0.05) is 6.08 Å². The summed E-state index contributed by atoms with van der Waals surface area (Å²) in [5.41, 5.74) is 0.601. The second-order valence-corrected chi connectivity index (χ2v) is 3.50. The summed E-state index contributed by atoms with van der Waals surface area (Å²) in [5.74, 6) is -0.517. The van der Waals surface area contributed by atoms with Crippen LogP contribution in [0, 0.1) is 5.92 Å². The second kappa shape index (κ2) is 3.72. The summed E-state index contributed by atoms with van der Waals surface area (Å²) in [5, 5.41) is 8.81. The van der Waals surface area contributed by atoms with Gasteiger partial charge < -0.3 is 10.0 Å². The Labute approximate surface area is 72.7 Å². The molecule has 0 spiro atoms. The lowest BCUT2D eigenvalue weighted by molar-refractivity contribution is -0.133. The van der Waals surface area contributed by atoms with Crippen molar-refractivity contribution in [2.24, 2.45) is 5.92 Å². The zero-order chi connectivity index (χ0) is 9.14. The van der Waals surface area contributed by atoms with E-state index in [0.717, 1.165) is 19.4 Å². The molecule has 0 fully saturated rings. The van der Waals surface area contributed by atoms with Gasteiger partial charge in [0.25, 0.3) is 0 Å². The van der Waals surface area contributed by atoms with Gasteiger partial charge in [-0.2, -0.15) is 0 Å². The van der Waals surface area contributed by atoms with Crippen LogP contribution in [0.3, 0.4) is 0 Å². The van der Waals surface area contributed by atoms with Crippen LogP contribution in [0.2, 0.25) is 0 Å². The van der Waals surface area contributed by atoms with Gasteiger partial charge in [0.2, 0.25) is 0 Å². The van der Waals surface area contributed by atoms with Crippen molar-refractivity contribution in [2.75, 3.05) is 20.6 Å². The van der Waals surface area contributed by atoms with Gasteiger partial charge in [0.05, 0.1) is 0 Å². The number of carboxylic acid groups (broad SMARTS) is 1. The Hall–Kier alpha value is -0.830. The molecule has 0 aromatic heterocycles. The molecule has 0 saturated heterocycles. The summed E-state index contributed by atoms with van der Waals surface area (Å²) in [7, 11) is 3.94. The number of allylic oxidation sites excluding steroid dienone is 1. The predicted octanol–water partition coefficient (Wildman–Crippen LogP) is 0.969. The first-order valence-electron chi connectivity index (χ1n) is 4.19. The van der Waals surface area contributed by atoms with Crippen molar-refractivity contribution in [1.82, 2.24) is 4.90 Å². The second-order valence-electron chi connectivity index (χ2n) is 3.50. The molecule has 1 aliphatic rings. The molecule has 1 unspecified atom stereocenters. The van der Waals surface area contributed by atoms with E-state index in [4.69, 9.17) is 5.11 Å². The molecule has 1 N–H and O–H groups in total. The van der Waals surface area contributed by atoms with Crippen LogP contribution in [-0.2, 0) is 4.79 Å². The van der Waals surface area contributed by atoms with Gasteiger partial charge in [-0.25, -0.2) is 4.79 Å². The van der Waals surface area contributed by atoms with Crippen LogP contribution >= 0.6 is 0 Å². The van der Waals surface area contributed by atoms with Crippen molar-refractivity contribution in [3.63, 3.8) is 0 Å². The Morgan fingerprint density at radius 3 is 2.92 bits per heavy atom. The van der Waals surface area contributed by atoms with Crippen molar-refractivity contribution >= 4 is 5.97 Å². The summed E-state index contributed by atoms with van der Waals surface area (Å²) >= 11 is 0. The number of hydrogen-bond acceptors (Lipinski definition) is 2. The van der Waals surface area contributed by atoms with Gasteiger partial charge in [-0.05, 0) is 26.9 Å². The summed E-state index contributed by atoms with van der Waals surface area (Å²) in [6.45, 7) is 0.845. The first-order chi connectivity index (χ1) is 5.61. The van der Waals surface area contributed by atoms with Gasteiger partial charge in [0.1, 0.15) is 0 Å². The Morgan fingerprint density at radius 2 is 2.42 bits per heavy atom. The molecule has 0 saturated carbocycles. The molecule has 0 aromatic carbocycles. The molecule has 0 aliphatic heterocycles. The first-order valence-corrected chi connectivity index (χ1v) is 4.19. The van der Waals surface area contributed by atoms with Crippen LogP contribution < -0.4 is 0 Å². The number of nitrogens with zero attached hydrogens (tertiary/aromatic N) is 1. The Morgan fingerprint density at radius 1 is 1.75 bits per heavy atom. The molecule has 0 heterocycles. The van der Waals surface area contributed by atoms with Crippen LogP contribution in [0.15, 0.2) is 11.6 Å². The van der Waals surface area contributed by atoms with Crippen LogP contribution in [-0.4, -0.2) is 36.6 Å². The lowest BCUT2D eigenvalue weighted by Gasteiger charge is -2.16. The van der Waals surface area contributed by atoms with Gasteiger partial charge in [0, 0.05) is 18.0 Å².